The molecule has 146 valence electrons. The number of nitrogens with zero attached hydrogens (tertiary/aromatic N) is 1. The summed E-state index contributed by atoms with van der Waals surface area (Å²) in [6.07, 6.45) is 6.51. The first-order valence-electron chi connectivity index (χ1n) is 10.1. The van der Waals surface area contributed by atoms with Crippen molar-refractivity contribution in [2.24, 2.45) is 23.5 Å². The number of aromatic nitrogens is 1. The van der Waals surface area contributed by atoms with Crippen molar-refractivity contribution >= 4 is 23.1 Å². The van der Waals surface area contributed by atoms with E-state index in [-0.39, 0.29) is 6.04 Å². The number of carbonyl (C=O) groups excluding carboxylic acids is 1. The molecule has 1 aromatic heterocycles. The maximum absolute atomic E-state index is 12.0. The number of para-hydroxylation sites is 1. The highest BCUT2D eigenvalue weighted by atomic mass is 16.3. The second-order valence-electron chi connectivity index (χ2n) is 8.83. The van der Waals surface area contributed by atoms with E-state index in [1.807, 2.05) is 36.4 Å². The minimum Gasteiger partial charge on any atom is -0.390 e. The summed E-state index contributed by atoms with van der Waals surface area (Å²) in [6.45, 7) is 0. The van der Waals surface area contributed by atoms with Gasteiger partial charge in [-0.2, -0.15) is 0 Å². The number of primary amides is 1. The van der Waals surface area contributed by atoms with Crippen molar-refractivity contribution in [1.82, 2.24) is 4.98 Å². The van der Waals surface area contributed by atoms with Gasteiger partial charge in [-0.1, -0.05) is 18.2 Å². The molecular weight excluding hydrogens is 352 g/mol. The Bertz CT molecular complexity index is 885. The fourth-order valence-corrected chi connectivity index (χ4v) is 5.91. The largest absolute Gasteiger partial charge is 0.390 e. The number of hydrogen-bond donors (Lipinski definition) is 4. The summed E-state index contributed by atoms with van der Waals surface area (Å²) in [4.78, 5) is 16.3. The van der Waals surface area contributed by atoms with Crippen LogP contribution in [-0.2, 0) is 0 Å². The average molecular weight is 378 g/mol. The highest BCUT2D eigenvalue weighted by Gasteiger charge is 2.54. The van der Waals surface area contributed by atoms with Crippen molar-refractivity contribution in [2.45, 2.75) is 43.7 Å². The topological polar surface area (TPSA) is 100 Å². The van der Waals surface area contributed by atoms with Gasteiger partial charge in [-0.25, -0.2) is 4.98 Å². The van der Waals surface area contributed by atoms with Gasteiger partial charge in [0.25, 0.3) is 5.91 Å². The molecule has 2 atom stereocenters. The van der Waals surface area contributed by atoms with E-state index in [0.717, 1.165) is 43.5 Å². The maximum atomic E-state index is 12.0. The van der Waals surface area contributed by atoms with E-state index >= 15 is 0 Å². The Morgan fingerprint density at radius 1 is 1.14 bits per heavy atom. The van der Waals surface area contributed by atoms with E-state index in [1.165, 1.54) is 0 Å². The minimum atomic E-state index is -0.483. The summed E-state index contributed by atoms with van der Waals surface area (Å²) in [5, 5.41) is 17.7. The molecule has 0 radical (unpaired) electrons. The zero-order valence-electron chi connectivity index (χ0n) is 15.8. The van der Waals surface area contributed by atoms with Gasteiger partial charge in [0, 0.05) is 24.0 Å². The molecule has 0 saturated heterocycles. The summed E-state index contributed by atoms with van der Waals surface area (Å²) in [6, 6.07) is 11.9. The molecule has 1 amide bonds. The molecule has 6 heteroatoms. The minimum absolute atomic E-state index is 0.266. The lowest BCUT2D eigenvalue weighted by molar-refractivity contribution is -0.129. The number of nitrogens with one attached hydrogen (secondary N) is 2. The van der Waals surface area contributed by atoms with Crippen LogP contribution in [0.3, 0.4) is 0 Å². The third-order valence-corrected chi connectivity index (χ3v) is 6.78. The van der Waals surface area contributed by atoms with Crippen LogP contribution in [0, 0.1) is 17.8 Å². The number of carbonyl (C=O) groups is 1. The second-order valence-corrected chi connectivity index (χ2v) is 8.83. The molecule has 28 heavy (non-hydrogen) atoms. The van der Waals surface area contributed by atoms with Crippen LogP contribution in [0.25, 0.3) is 0 Å². The van der Waals surface area contributed by atoms with E-state index < -0.39 is 11.5 Å². The Morgan fingerprint density at radius 3 is 2.50 bits per heavy atom. The zero-order valence-corrected chi connectivity index (χ0v) is 15.8. The van der Waals surface area contributed by atoms with E-state index in [2.05, 4.69) is 15.6 Å². The monoisotopic (exact) mass is 378 g/mol. The van der Waals surface area contributed by atoms with Crippen molar-refractivity contribution in [1.29, 1.82) is 0 Å². The first kappa shape index (κ1) is 17.5. The number of rotatable bonds is 5. The van der Waals surface area contributed by atoms with E-state index in [0.29, 0.717) is 29.1 Å². The predicted molar refractivity (Wildman–Crippen MR) is 108 cm³/mol. The number of anilines is 3. The van der Waals surface area contributed by atoms with Gasteiger partial charge in [0.15, 0.2) is 0 Å². The Morgan fingerprint density at radius 2 is 1.86 bits per heavy atom. The van der Waals surface area contributed by atoms with E-state index in [9.17, 15) is 9.90 Å². The first-order chi connectivity index (χ1) is 13.5. The van der Waals surface area contributed by atoms with Crippen molar-refractivity contribution in [3.63, 3.8) is 0 Å². The van der Waals surface area contributed by atoms with Gasteiger partial charge >= 0.3 is 0 Å². The molecule has 4 aliphatic carbocycles. The van der Waals surface area contributed by atoms with Gasteiger partial charge in [0.05, 0.1) is 16.9 Å². The van der Waals surface area contributed by atoms with Crippen LogP contribution in [0.15, 0.2) is 42.6 Å². The fourth-order valence-electron chi connectivity index (χ4n) is 5.91. The summed E-state index contributed by atoms with van der Waals surface area (Å²) in [7, 11) is 0. The highest BCUT2D eigenvalue weighted by molar-refractivity contribution is 5.98. The number of amides is 1. The Hall–Kier alpha value is -2.60. The average Bonchev–Trinajstić information content (AvgIpc) is 2.64. The Kier molecular flexibility index (Phi) is 4.05. The fraction of sp³-hybridized carbons (Fsp3) is 0.455. The lowest BCUT2D eigenvalue weighted by Gasteiger charge is -2.58. The van der Waals surface area contributed by atoms with Crippen LogP contribution in [0.4, 0.5) is 17.2 Å². The molecule has 0 spiro atoms. The Balaban J connectivity index is 1.42. The molecule has 2 unspecified atom stereocenters. The van der Waals surface area contributed by atoms with Gasteiger partial charge in [0.1, 0.15) is 5.82 Å². The molecule has 1 aromatic carbocycles. The molecule has 1 heterocycles. The number of aliphatic hydroxyl groups is 1. The number of nitrogens with two attached hydrogens (primary N) is 1. The molecule has 4 bridgehead atoms. The summed E-state index contributed by atoms with van der Waals surface area (Å²) < 4.78 is 0. The van der Waals surface area contributed by atoms with Crippen LogP contribution >= 0.6 is 0 Å². The summed E-state index contributed by atoms with van der Waals surface area (Å²) in [5.74, 6) is 1.71. The van der Waals surface area contributed by atoms with Crippen LogP contribution in [0.1, 0.15) is 42.5 Å². The molecule has 2 aromatic rings. The normalized spacial score (nSPS) is 32.9. The maximum Gasteiger partial charge on any atom is 0.252 e. The Labute approximate surface area is 164 Å². The van der Waals surface area contributed by atoms with Gasteiger partial charge in [-0.05, 0) is 62.0 Å². The lowest BCUT2D eigenvalue weighted by atomic mass is 9.52. The van der Waals surface area contributed by atoms with Crippen LogP contribution in [0.5, 0.6) is 0 Å². The smallest absolute Gasteiger partial charge is 0.252 e. The second kappa shape index (κ2) is 6.48. The van der Waals surface area contributed by atoms with Gasteiger partial charge in [-0.3, -0.25) is 4.79 Å². The number of benzene rings is 1. The van der Waals surface area contributed by atoms with Crippen LogP contribution in [0.2, 0.25) is 0 Å². The van der Waals surface area contributed by atoms with Crippen molar-refractivity contribution < 1.29 is 9.90 Å². The molecular formula is C22H26N4O2. The third kappa shape index (κ3) is 3.11. The molecule has 5 N–H and O–H groups in total. The molecule has 6 rings (SSSR count). The van der Waals surface area contributed by atoms with E-state index in [4.69, 9.17) is 5.73 Å². The SMILES string of the molecule is NC(=O)c1cnc(Nc2ccccc2)cc1NC1C2CC3CC1CC(O)(C3)C2. The first-order valence-corrected chi connectivity index (χ1v) is 10.1. The molecule has 4 aliphatic rings. The third-order valence-electron chi connectivity index (χ3n) is 6.78. The standard InChI is InChI=1S/C22H26N4O2/c23-21(27)17-12-24-19(25-16-4-2-1-3-5-16)8-18(17)26-20-14-6-13-7-15(20)11-22(28,9-13)10-14/h1-5,8,12-15,20,28H,6-7,9-11H2,(H2,23,27)(H2,24,25,26). The van der Waals surface area contributed by atoms with Crippen molar-refractivity contribution in [3.05, 3.63) is 48.2 Å². The summed E-state index contributed by atoms with van der Waals surface area (Å²) >= 11 is 0. The quantitative estimate of drug-likeness (QED) is 0.640. The van der Waals surface area contributed by atoms with Gasteiger partial charge in [0.2, 0.25) is 0 Å². The van der Waals surface area contributed by atoms with Crippen molar-refractivity contribution in [2.75, 3.05) is 10.6 Å². The van der Waals surface area contributed by atoms with Crippen LogP contribution in [-0.4, -0.2) is 27.6 Å². The summed E-state index contributed by atoms with van der Waals surface area (Å²) in [5.41, 5.74) is 7.21. The molecule has 4 saturated carbocycles. The van der Waals surface area contributed by atoms with Gasteiger partial charge in [-0.15, -0.1) is 0 Å². The lowest BCUT2D eigenvalue weighted by Crippen LogP contribution is -2.59. The van der Waals surface area contributed by atoms with Gasteiger partial charge < -0.3 is 21.5 Å². The molecule has 4 fully saturated rings. The van der Waals surface area contributed by atoms with E-state index in [1.54, 1.807) is 6.20 Å². The number of pyridine rings is 1. The molecule has 0 aliphatic heterocycles. The predicted octanol–water partition coefficient (Wildman–Crippen LogP) is 3.28. The molecule has 6 nitrogen and oxygen atoms in total. The highest BCUT2D eigenvalue weighted by Crippen LogP contribution is 2.56. The number of hydrogen-bond acceptors (Lipinski definition) is 5. The van der Waals surface area contributed by atoms with Crippen LogP contribution < -0.4 is 16.4 Å². The zero-order chi connectivity index (χ0) is 19.3. The van der Waals surface area contributed by atoms with Crippen molar-refractivity contribution in [3.8, 4) is 0 Å².